The smallest absolute Gasteiger partial charge is 0.0775 e. The standard InChI is InChI=1S/C16H25N3Si/c1-14-11-18-19(13-14)10-9-17-12-15-5-7-16(8-6-15)20(2,3)4/h5-8,11,13,17H,9-10,12H2,1-4H3. The summed E-state index contributed by atoms with van der Waals surface area (Å²) in [5.74, 6) is 0. The molecule has 0 bridgehead atoms. The van der Waals surface area contributed by atoms with Gasteiger partial charge in [0.15, 0.2) is 0 Å². The highest BCUT2D eigenvalue weighted by atomic mass is 28.3. The number of aryl methyl sites for hydroxylation is 1. The summed E-state index contributed by atoms with van der Waals surface area (Å²) in [6.45, 7) is 12.0. The minimum Gasteiger partial charge on any atom is -0.311 e. The van der Waals surface area contributed by atoms with Crippen molar-refractivity contribution in [1.82, 2.24) is 15.1 Å². The van der Waals surface area contributed by atoms with Crippen molar-refractivity contribution in [3.8, 4) is 0 Å². The highest BCUT2D eigenvalue weighted by Gasteiger charge is 2.15. The Bertz CT molecular complexity index is 538. The molecule has 0 saturated heterocycles. The molecule has 2 aromatic rings. The van der Waals surface area contributed by atoms with Gasteiger partial charge in [-0.1, -0.05) is 49.1 Å². The van der Waals surface area contributed by atoms with Crippen LogP contribution in [0.3, 0.4) is 0 Å². The van der Waals surface area contributed by atoms with Crippen LogP contribution in [0.2, 0.25) is 19.6 Å². The van der Waals surface area contributed by atoms with E-state index in [1.807, 2.05) is 10.9 Å². The van der Waals surface area contributed by atoms with Gasteiger partial charge < -0.3 is 5.32 Å². The molecule has 0 unspecified atom stereocenters. The number of benzene rings is 1. The lowest BCUT2D eigenvalue weighted by atomic mass is 10.2. The van der Waals surface area contributed by atoms with E-state index in [4.69, 9.17) is 0 Å². The van der Waals surface area contributed by atoms with Gasteiger partial charge in [0.25, 0.3) is 0 Å². The fourth-order valence-corrected chi connectivity index (χ4v) is 3.30. The lowest BCUT2D eigenvalue weighted by molar-refractivity contribution is 0.554. The van der Waals surface area contributed by atoms with E-state index in [2.05, 4.69) is 67.4 Å². The molecule has 0 atom stereocenters. The van der Waals surface area contributed by atoms with Gasteiger partial charge in [-0.3, -0.25) is 4.68 Å². The number of aromatic nitrogens is 2. The van der Waals surface area contributed by atoms with E-state index in [-0.39, 0.29) is 0 Å². The van der Waals surface area contributed by atoms with E-state index >= 15 is 0 Å². The average molecular weight is 287 g/mol. The summed E-state index contributed by atoms with van der Waals surface area (Å²) < 4.78 is 1.98. The molecule has 108 valence electrons. The van der Waals surface area contributed by atoms with Crippen LogP contribution in [0.4, 0.5) is 0 Å². The van der Waals surface area contributed by atoms with Crippen LogP contribution in [0.5, 0.6) is 0 Å². The molecule has 4 heteroatoms. The number of hydrogen-bond acceptors (Lipinski definition) is 2. The van der Waals surface area contributed by atoms with Crippen LogP contribution in [0.15, 0.2) is 36.7 Å². The van der Waals surface area contributed by atoms with Gasteiger partial charge in [0, 0.05) is 19.3 Å². The number of nitrogens with one attached hydrogen (secondary N) is 1. The molecule has 0 amide bonds. The monoisotopic (exact) mass is 287 g/mol. The van der Waals surface area contributed by atoms with Gasteiger partial charge in [0.2, 0.25) is 0 Å². The molecular weight excluding hydrogens is 262 g/mol. The van der Waals surface area contributed by atoms with Gasteiger partial charge in [-0.25, -0.2) is 0 Å². The third kappa shape index (κ3) is 4.32. The van der Waals surface area contributed by atoms with Gasteiger partial charge in [-0.05, 0) is 18.1 Å². The zero-order valence-electron chi connectivity index (χ0n) is 13.0. The summed E-state index contributed by atoms with van der Waals surface area (Å²) in [5.41, 5.74) is 2.57. The Morgan fingerprint density at radius 1 is 1.15 bits per heavy atom. The number of rotatable bonds is 6. The van der Waals surface area contributed by atoms with Crippen molar-refractivity contribution in [2.45, 2.75) is 39.7 Å². The lowest BCUT2D eigenvalue weighted by Crippen LogP contribution is -2.37. The Hall–Kier alpha value is -1.39. The largest absolute Gasteiger partial charge is 0.311 e. The number of nitrogens with zero attached hydrogens (tertiary/aromatic N) is 2. The van der Waals surface area contributed by atoms with Crippen molar-refractivity contribution in [2.75, 3.05) is 6.54 Å². The summed E-state index contributed by atoms with van der Waals surface area (Å²) in [4.78, 5) is 0. The van der Waals surface area contributed by atoms with Gasteiger partial charge in [-0.15, -0.1) is 0 Å². The Kier molecular flexibility index (Phi) is 4.78. The first-order valence-electron chi connectivity index (χ1n) is 7.24. The first-order chi connectivity index (χ1) is 9.45. The summed E-state index contributed by atoms with van der Waals surface area (Å²) in [6.07, 6.45) is 3.97. The molecule has 1 aromatic carbocycles. The summed E-state index contributed by atoms with van der Waals surface area (Å²) in [6, 6.07) is 9.08. The maximum atomic E-state index is 4.28. The zero-order valence-corrected chi connectivity index (χ0v) is 14.0. The third-order valence-electron chi connectivity index (χ3n) is 3.43. The van der Waals surface area contributed by atoms with Crippen LogP contribution < -0.4 is 10.5 Å². The molecule has 0 saturated carbocycles. The van der Waals surface area contributed by atoms with E-state index in [0.717, 1.165) is 19.6 Å². The Morgan fingerprint density at radius 3 is 2.40 bits per heavy atom. The van der Waals surface area contributed by atoms with Crippen molar-refractivity contribution in [1.29, 1.82) is 0 Å². The van der Waals surface area contributed by atoms with Crippen LogP contribution in [-0.4, -0.2) is 24.4 Å². The second kappa shape index (κ2) is 6.37. The van der Waals surface area contributed by atoms with Crippen LogP contribution in [-0.2, 0) is 13.1 Å². The van der Waals surface area contributed by atoms with Crippen molar-refractivity contribution >= 4 is 13.3 Å². The lowest BCUT2D eigenvalue weighted by Gasteiger charge is -2.16. The highest BCUT2D eigenvalue weighted by Crippen LogP contribution is 2.04. The third-order valence-corrected chi connectivity index (χ3v) is 5.49. The van der Waals surface area contributed by atoms with E-state index in [0.29, 0.717) is 0 Å². The van der Waals surface area contributed by atoms with Crippen molar-refractivity contribution in [2.24, 2.45) is 0 Å². The Balaban J connectivity index is 1.77. The topological polar surface area (TPSA) is 29.9 Å². The maximum absolute atomic E-state index is 4.28. The molecule has 0 spiro atoms. The normalized spacial score (nSPS) is 11.8. The minimum atomic E-state index is -1.17. The predicted molar refractivity (Wildman–Crippen MR) is 88.1 cm³/mol. The van der Waals surface area contributed by atoms with Gasteiger partial charge in [0.05, 0.1) is 20.8 Å². The van der Waals surface area contributed by atoms with Crippen LogP contribution in [0, 0.1) is 6.92 Å². The van der Waals surface area contributed by atoms with E-state index in [9.17, 15) is 0 Å². The molecule has 2 rings (SSSR count). The molecular formula is C16H25N3Si. The second-order valence-electron chi connectivity index (χ2n) is 6.40. The van der Waals surface area contributed by atoms with Crippen molar-refractivity contribution in [3.63, 3.8) is 0 Å². The molecule has 1 heterocycles. The molecule has 0 fully saturated rings. The molecule has 0 aliphatic carbocycles. The summed E-state index contributed by atoms with van der Waals surface area (Å²) in [7, 11) is -1.17. The highest BCUT2D eigenvalue weighted by molar-refractivity contribution is 6.88. The second-order valence-corrected chi connectivity index (χ2v) is 11.5. The van der Waals surface area contributed by atoms with Crippen molar-refractivity contribution in [3.05, 3.63) is 47.8 Å². The minimum absolute atomic E-state index is 0.917. The van der Waals surface area contributed by atoms with Gasteiger partial charge in [-0.2, -0.15) is 5.10 Å². The molecule has 0 radical (unpaired) electrons. The van der Waals surface area contributed by atoms with Gasteiger partial charge >= 0.3 is 0 Å². The SMILES string of the molecule is Cc1cnn(CCNCc2ccc([Si](C)(C)C)cc2)c1. The molecule has 0 aliphatic heterocycles. The fraction of sp³-hybridized carbons (Fsp3) is 0.438. The quantitative estimate of drug-likeness (QED) is 0.653. The Labute approximate surface area is 123 Å². The number of hydrogen-bond donors (Lipinski definition) is 1. The fourth-order valence-electron chi connectivity index (χ4n) is 2.14. The van der Waals surface area contributed by atoms with E-state index in [1.54, 1.807) is 0 Å². The van der Waals surface area contributed by atoms with Gasteiger partial charge in [0.1, 0.15) is 0 Å². The maximum Gasteiger partial charge on any atom is 0.0775 e. The molecule has 3 nitrogen and oxygen atoms in total. The van der Waals surface area contributed by atoms with Crippen molar-refractivity contribution < 1.29 is 0 Å². The summed E-state index contributed by atoms with van der Waals surface area (Å²) in [5, 5.41) is 9.27. The predicted octanol–water partition coefficient (Wildman–Crippen LogP) is 2.53. The molecule has 0 aliphatic rings. The first kappa shape index (κ1) is 15.0. The molecule has 20 heavy (non-hydrogen) atoms. The summed E-state index contributed by atoms with van der Waals surface area (Å²) >= 11 is 0. The van der Waals surface area contributed by atoms with Crippen LogP contribution >= 0.6 is 0 Å². The molecule has 1 N–H and O–H groups in total. The van der Waals surface area contributed by atoms with E-state index in [1.165, 1.54) is 16.3 Å². The van der Waals surface area contributed by atoms with Crippen LogP contribution in [0.25, 0.3) is 0 Å². The molecule has 1 aromatic heterocycles. The average Bonchev–Trinajstić information content (AvgIpc) is 2.80. The Morgan fingerprint density at radius 2 is 1.85 bits per heavy atom. The van der Waals surface area contributed by atoms with Crippen LogP contribution in [0.1, 0.15) is 11.1 Å². The van der Waals surface area contributed by atoms with E-state index < -0.39 is 8.07 Å². The first-order valence-corrected chi connectivity index (χ1v) is 10.7. The zero-order chi connectivity index (χ0) is 14.6.